The van der Waals surface area contributed by atoms with Crippen molar-refractivity contribution in [1.82, 2.24) is 20.1 Å². The molecule has 1 aliphatic heterocycles. The van der Waals surface area contributed by atoms with Gasteiger partial charge in [-0.15, -0.1) is 10.2 Å². The van der Waals surface area contributed by atoms with Gasteiger partial charge in [0.2, 0.25) is 0 Å². The van der Waals surface area contributed by atoms with E-state index in [1.807, 2.05) is 18.2 Å². The first-order valence-corrected chi connectivity index (χ1v) is 9.70. The first-order valence-electron chi connectivity index (χ1n) is 9.70. The first-order chi connectivity index (χ1) is 13.4. The number of rotatable bonds is 6. The van der Waals surface area contributed by atoms with Gasteiger partial charge in [-0.05, 0) is 49.7 Å². The molecular formula is C22H25N5. The Bertz CT molecular complexity index is 845. The molecule has 0 amide bonds. The van der Waals surface area contributed by atoms with Crippen molar-refractivity contribution in [3.8, 4) is 22.4 Å². The number of piperidine rings is 1. The third-order valence-electron chi connectivity index (χ3n) is 5.02. The van der Waals surface area contributed by atoms with E-state index in [0.29, 0.717) is 0 Å². The van der Waals surface area contributed by atoms with Gasteiger partial charge in [-0.1, -0.05) is 36.8 Å². The summed E-state index contributed by atoms with van der Waals surface area (Å²) in [5.74, 6) is 0.823. The average molecular weight is 359 g/mol. The van der Waals surface area contributed by atoms with Gasteiger partial charge in [0, 0.05) is 36.6 Å². The van der Waals surface area contributed by atoms with Gasteiger partial charge in [0.15, 0.2) is 0 Å². The molecule has 1 fully saturated rings. The molecule has 3 aromatic rings. The monoisotopic (exact) mass is 359 g/mol. The smallest absolute Gasteiger partial charge is 0.149 e. The van der Waals surface area contributed by atoms with Gasteiger partial charge in [-0.2, -0.15) is 0 Å². The van der Waals surface area contributed by atoms with Crippen molar-refractivity contribution in [1.29, 1.82) is 0 Å². The van der Waals surface area contributed by atoms with Crippen LogP contribution >= 0.6 is 0 Å². The number of aromatic nitrogens is 3. The van der Waals surface area contributed by atoms with E-state index in [1.165, 1.54) is 32.4 Å². The highest BCUT2D eigenvalue weighted by molar-refractivity contribution is 5.81. The van der Waals surface area contributed by atoms with E-state index in [4.69, 9.17) is 0 Å². The normalized spacial score (nSPS) is 14.8. The van der Waals surface area contributed by atoms with Crippen LogP contribution in [0.5, 0.6) is 0 Å². The molecule has 5 nitrogen and oxygen atoms in total. The standard InChI is InChI=1S/C22H25N5/c1-3-7-18(8-4-1)20-17-21(24-13-16-27-14-5-2-6-15-27)25-26-22(20)19-9-11-23-12-10-19/h1,3-4,7-12,17H,2,5-6,13-16H2,(H,24,25). The number of pyridine rings is 1. The molecule has 1 saturated heterocycles. The quantitative estimate of drug-likeness (QED) is 0.718. The third kappa shape index (κ3) is 4.49. The second kappa shape index (κ2) is 8.73. The Hall–Kier alpha value is -2.79. The van der Waals surface area contributed by atoms with Crippen molar-refractivity contribution in [2.24, 2.45) is 0 Å². The van der Waals surface area contributed by atoms with Crippen LogP contribution in [0, 0.1) is 0 Å². The van der Waals surface area contributed by atoms with E-state index in [0.717, 1.165) is 41.3 Å². The molecule has 1 aromatic carbocycles. The average Bonchev–Trinajstić information content (AvgIpc) is 2.76. The maximum absolute atomic E-state index is 4.54. The highest BCUT2D eigenvalue weighted by Crippen LogP contribution is 2.31. The number of likely N-dealkylation sites (tertiary alicyclic amines) is 1. The molecule has 27 heavy (non-hydrogen) atoms. The summed E-state index contributed by atoms with van der Waals surface area (Å²) in [6.07, 6.45) is 7.58. The molecule has 1 aliphatic rings. The van der Waals surface area contributed by atoms with Crippen LogP contribution in [-0.2, 0) is 0 Å². The Labute approximate surface area is 160 Å². The molecule has 0 spiro atoms. The van der Waals surface area contributed by atoms with Gasteiger partial charge in [0.05, 0.1) is 0 Å². The van der Waals surface area contributed by atoms with E-state index in [2.05, 4.69) is 55.7 Å². The molecular weight excluding hydrogens is 334 g/mol. The van der Waals surface area contributed by atoms with Crippen molar-refractivity contribution >= 4 is 5.82 Å². The van der Waals surface area contributed by atoms with Gasteiger partial charge in [-0.3, -0.25) is 4.98 Å². The van der Waals surface area contributed by atoms with E-state index in [-0.39, 0.29) is 0 Å². The van der Waals surface area contributed by atoms with E-state index < -0.39 is 0 Å². The SMILES string of the molecule is c1ccc(-c2cc(NCCN3CCCCC3)nnc2-c2ccncc2)cc1. The van der Waals surface area contributed by atoms with Crippen molar-refractivity contribution in [2.45, 2.75) is 19.3 Å². The summed E-state index contributed by atoms with van der Waals surface area (Å²) in [5.41, 5.74) is 4.12. The lowest BCUT2D eigenvalue weighted by atomic mass is 10.0. The molecule has 0 atom stereocenters. The van der Waals surface area contributed by atoms with Crippen LogP contribution in [0.25, 0.3) is 22.4 Å². The number of benzene rings is 1. The van der Waals surface area contributed by atoms with E-state index >= 15 is 0 Å². The van der Waals surface area contributed by atoms with Gasteiger partial charge in [0.1, 0.15) is 11.5 Å². The lowest BCUT2D eigenvalue weighted by Gasteiger charge is -2.26. The zero-order chi connectivity index (χ0) is 18.3. The zero-order valence-corrected chi connectivity index (χ0v) is 15.5. The number of nitrogens with one attached hydrogen (secondary N) is 1. The molecule has 0 bridgehead atoms. The van der Waals surface area contributed by atoms with Crippen molar-refractivity contribution in [3.63, 3.8) is 0 Å². The predicted molar refractivity (Wildman–Crippen MR) is 109 cm³/mol. The minimum absolute atomic E-state index is 0.823. The number of hydrogen-bond donors (Lipinski definition) is 1. The fourth-order valence-corrected chi connectivity index (χ4v) is 3.56. The summed E-state index contributed by atoms with van der Waals surface area (Å²) < 4.78 is 0. The summed E-state index contributed by atoms with van der Waals surface area (Å²) in [4.78, 5) is 6.63. The second-order valence-corrected chi connectivity index (χ2v) is 6.92. The maximum Gasteiger partial charge on any atom is 0.149 e. The van der Waals surface area contributed by atoms with Crippen LogP contribution in [-0.4, -0.2) is 46.3 Å². The molecule has 5 heteroatoms. The van der Waals surface area contributed by atoms with Crippen molar-refractivity contribution in [2.75, 3.05) is 31.5 Å². The molecule has 2 aromatic heterocycles. The summed E-state index contributed by atoms with van der Waals surface area (Å²) in [6, 6.07) is 16.4. The summed E-state index contributed by atoms with van der Waals surface area (Å²) in [7, 11) is 0. The zero-order valence-electron chi connectivity index (χ0n) is 15.5. The Morgan fingerprint density at radius 3 is 2.41 bits per heavy atom. The van der Waals surface area contributed by atoms with Gasteiger partial charge in [0.25, 0.3) is 0 Å². The Morgan fingerprint density at radius 1 is 0.852 bits per heavy atom. The highest BCUT2D eigenvalue weighted by atomic mass is 15.2. The molecule has 0 unspecified atom stereocenters. The van der Waals surface area contributed by atoms with Crippen LogP contribution in [0.3, 0.4) is 0 Å². The fourth-order valence-electron chi connectivity index (χ4n) is 3.56. The van der Waals surface area contributed by atoms with Crippen LogP contribution in [0.15, 0.2) is 60.9 Å². The van der Waals surface area contributed by atoms with E-state index in [9.17, 15) is 0 Å². The lowest BCUT2D eigenvalue weighted by Crippen LogP contribution is -2.33. The van der Waals surface area contributed by atoms with Gasteiger partial charge in [-0.25, -0.2) is 0 Å². The fraction of sp³-hybridized carbons (Fsp3) is 0.318. The lowest BCUT2D eigenvalue weighted by molar-refractivity contribution is 0.237. The Morgan fingerprint density at radius 2 is 1.63 bits per heavy atom. The molecule has 138 valence electrons. The second-order valence-electron chi connectivity index (χ2n) is 6.92. The summed E-state index contributed by atoms with van der Waals surface area (Å²) >= 11 is 0. The van der Waals surface area contributed by atoms with Crippen molar-refractivity contribution in [3.05, 3.63) is 60.9 Å². The van der Waals surface area contributed by atoms with Crippen LogP contribution in [0.1, 0.15) is 19.3 Å². The third-order valence-corrected chi connectivity index (χ3v) is 5.02. The number of hydrogen-bond acceptors (Lipinski definition) is 5. The largest absolute Gasteiger partial charge is 0.367 e. The molecule has 0 radical (unpaired) electrons. The highest BCUT2D eigenvalue weighted by Gasteiger charge is 2.13. The summed E-state index contributed by atoms with van der Waals surface area (Å²) in [5, 5.41) is 12.4. The predicted octanol–water partition coefficient (Wildman–Crippen LogP) is 4.10. The van der Waals surface area contributed by atoms with Gasteiger partial charge >= 0.3 is 0 Å². The van der Waals surface area contributed by atoms with Crippen LogP contribution in [0.2, 0.25) is 0 Å². The number of anilines is 1. The molecule has 0 saturated carbocycles. The summed E-state index contributed by atoms with van der Waals surface area (Å²) in [6.45, 7) is 4.36. The Balaban J connectivity index is 1.55. The van der Waals surface area contributed by atoms with E-state index in [1.54, 1.807) is 12.4 Å². The van der Waals surface area contributed by atoms with Crippen LogP contribution < -0.4 is 5.32 Å². The molecule has 0 aliphatic carbocycles. The number of nitrogens with zero attached hydrogens (tertiary/aromatic N) is 4. The first kappa shape index (κ1) is 17.6. The maximum atomic E-state index is 4.54. The van der Waals surface area contributed by atoms with Crippen molar-refractivity contribution < 1.29 is 0 Å². The topological polar surface area (TPSA) is 53.9 Å². The molecule has 1 N–H and O–H groups in total. The molecule has 3 heterocycles. The Kier molecular flexibility index (Phi) is 5.70. The van der Waals surface area contributed by atoms with Gasteiger partial charge < -0.3 is 10.2 Å². The molecule has 4 rings (SSSR count). The minimum atomic E-state index is 0.823. The minimum Gasteiger partial charge on any atom is -0.367 e. The van der Waals surface area contributed by atoms with Crippen LogP contribution in [0.4, 0.5) is 5.82 Å².